The highest BCUT2D eigenvalue weighted by molar-refractivity contribution is 6.04. The van der Waals surface area contributed by atoms with Crippen molar-refractivity contribution in [1.29, 1.82) is 0 Å². The molecule has 0 spiro atoms. The van der Waals surface area contributed by atoms with Crippen molar-refractivity contribution in [3.8, 4) is 33.9 Å². The van der Waals surface area contributed by atoms with E-state index in [0.29, 0.717) is 0 Å². The van der Waals surface area contributed by atoms with E-state index in [1.54, 1.807) is 0 Å². The predicted octanol–water partition coefficient (Wildman–Crippen LogP) is 18.4. The molecule has 13 aromatic rings. The van der Waals surface area contributed by atoms with Crippen LogP contribution >= 0.6 is 0 Å². The van der Waals surface area contributed by atoms with Gasteiger partial charge in [0.05, 0.1) is 33.8 Å². The van der Waals surface area contributed by atoms with Crippen LogP contribution in [0.25, 0.3) is 77.2 Å². The second kappa shape index (κ2) is 17.8. The maximum absolute atomic E-state index is 14.5. The van der Waals surface area contributed by atoms with E-state index < -0.39 is 0 Å². The zero-order valence-corrected chi connectivity index (χ0v) is 38.9. The van der Waals surface area contributed by atoms with Gasteiger partial charge in [0.25, 0.3) is 0 Å². The Hall–Kier alpha value is -9.52. The second-order valence-corrected chi connectivity index (χ2v) is 18.1. The number of aromatic nitrogens is 2. The van der Waals surface area contributed by atoms with Gasteiger partial charge in [0, 0.05) is 55.7 Å². The van der Waals surface area contributed by atoms with Gasteiger partial charge in [0.1, 0.15) is 11.6 Å². The molecule has 6 heteroatoms. The number of fused-ring (bicyclic) bond motifs is 4. The van der Waals surface area contributed by atoms with E-state index in [2.05, 4.69) is 225 Å². The van der Waals surface area contributed by atoms with Crippen LogP contribution in [0.15, 0.2) is 267 Å². The molecular formula is C66H44F2N4. The average Bonchev–Trinajstić information content (AvgIpc) is 4.00. The van der Waals surface area contributed by atoms with Crippen LogP contribution in [0.5, 0.6) is 0 Å². The lowest BCUT2D eigenvalue weighted by Crippen LogP contribution is -2.10. The normalized spacial score (nSPS) is 11.5. The van der Waals surface area contributed by atoms with Crippen molar-refractivity contribution in [3.05, 3.63) is 279 Å². The first-order chi connectivity index (χ1) is 35.5. The summed E-state index contributed by atoms with van der Waals surface area (Å²) in [6.45, 7) is 0. The van der Waals surface area contributed by atoms with Gasteiger partial charge >= 0.3 is 0 Å². The van der Waals surface area contributed by atoms with Crippen LogP contribution in [0.1, 0.15) is 0 Å². The average molecular weight is 931 g/mol. The van der Waals surface area contributed by atoms with Crippen molar-refractivity contribution >= 4 is 77.5 Å². The van der Waals surface area contributed by atoms with Crippen molar-refractivity contribution < 1.29 is 8.78 Å². The molecule has 0 N–H and O–H groups in total. The minimum absolute atomic E-state index is 0.289. The molecule has 72 heavy (non-hydrogen) atoms. The number of benzene rings is 11. The molecule has 0 unspecified atom stereocenters. The summed E-state index contributed by atoms with van der Waals surface area (Å²) in [4.78, 5) is 4.61. The van der Waals surface area contributed by atoms with Gasteiger partial charge < -0.3 is 18.9 Å². The molecule has 13 rings (SSSR count). The summed E-state index contributed by atoms with van der Waals surface area (Å²) in [7, 11) is 0. The summed E-state index contributed by atoms with van der Waals surface area (Å²) in [6, 6.07) is 90.5. The second-order valence-electron chi connectivity index (χ2n) is 18.1. The third-order valence-electron chi connectivity index (χ3n) is 13.8. The van der Waals surface area contributed by atoms with Crippen molar-refractivity contribution in [2.24, 2.45) is 0 Å². The van der Waals surface area contributed by atoms with Crippen molar-refractivity contribution in [2.45, 2.75) is 0 Å². The molecular weight excluding hydrogens is 887 g/mol. The Morgan fingerprint density at radius 3 is 1.03 bits per heavy atom. The van der Waals surface area contributed by atoms with E-state index in [9.17, 15) is 8.78 Å². The highest BCUT2D eigenvalue weighted by Gasteiger charge is 2.22. The van der Waals surface area contributed by atoms with E-state index in [-0.39, 0.29) is 11.6 Å². The summed E-state index contributed by atoms with van der Waals surface area (Å²) in [5, 5.41) is 6.68. The minimum Gasteiger partial charge on any atom is -0.310 e. The van der Waals surface area contributed by atoms with Gasteiger partial charge in [-0.15, -0.1) is 0 Å². The monoisotopic (exact) mass is 930 g/mol. The molecule has 2 heterocycles. The van der Waals surface area contributed by atoms with Crippen molar-refractivity contribution in [2.75, 3.05) is 9.80 Å². The lowest BCUT2D eigenvalue weighted by atomic mass is 10.1. The molecule has 0 radical (unpaired) electrons. The van der Waals surface area contributed by atoms with E-state index >= 15 is 0 Å². The first kappa shape index (κ1) is 42.6. The van der Waals surface area contributed by atoms with Gasteiger partial charge in [-0.2, -0.15) is 0 Å². The molecule has 0 saturated heterocycles. The van der Waals surface area contributed by atoms with Gasteiger partial charge in [-0.1, -0.05) is 109 Å². The smallest absolute Gasteiger partial charge is 0.123 e. The standard InChI is InChI=1S/C66H44F2N4/c67-51-29-25-47(26-30-51)63-41-49-44-66-50(43-65(49)71(63)57-37-33-55(34-38-57)69(53-17-3-1-4-18-53)61-23-11-15-45-13-7-9-21-59(45)61)42-64(48-27-31-52(68)32-28-48)72(66)58-39-35-56(36-40-58)70(54-19-5-2-6-20-54)62-24-12-16-46-14-8-10-22-60(46)62/h1-44H. The summed E-state index contributed by atoms with van der Waals surface area (Å²) in [5.74, 6) is -0.577. The summed E-state index contributed by atoms with van der Waals surface area (Å²) in [6.07, 6.45) is 0. The molecule has 342 valence electrons. The molecule has 4 nitrogen and oxygen atoms in total. The van der Waals surface area contributed by atoms with Crippen LogP contribution in [0.3, 0.4) is 0 Å². The predicted molar refractivity (Wildman–Crippen MR) is 295 cm³/mol. The highest BCUT2D eigenvalue weighted by Crippen LogP contribution is 2.43. The lowest BCUT2D eigenvalue weighted by Gasteiger charge is -2.27. The highest BCUT2D eigenvalue weighted by atomic mass is 19.1. The van der Waals surface area contributed by atoms with Gasteiger partial charge in [-0.25, -0.2) is 8.78 Å². The summed E-state index contributed by atoms with van der Waals surface area (Å²) in [5.41, 5.74) is 13.9. The maximum Gasteiger partial charge on any atom is 0.123 e. The van der Waals surface area contributed by atoms with Gasteiger partial charge in [0.15, 0.2) is 0 Å². The SMILES string of the molecule is Fc1ccc(-c2cc3cc4c(cc(-c5ccc(F)cc5)n4-c4ccc(N(c5ccccc5)c5cccc6ccccc56)cc4)cc3n2-c2ccc(N(c3ccccc3)c3cccc4ccccc34)cc2)cc1. The molecule has 0 aliphatic rings. The van der Waals surface area contributed by atoms with Gasteiger partial charge in [0.2, 0.25) is 0 Å². The fourth-order valence-electron chi connectivity index (χ4n) is 10.5. The first-order valence-electron chi connectivity index (χ1n) is 24.1. The van der Waals surface area contributed by atoms with E-state index in [1.165, 1.54) is 35.0 Å². The van der Waals surface area contributed by atoms with Gasteiger partial charge in [-0.3, -0.25) is 0 Å². The topological polar surface area (TPSA) is 16.3 Å². The maximum atomic E-state index is 14.5. The quantitative estimate of drug-likeness (QED) is 0.136. The first-order valence-corrected chi connectivity index (χ1v) is 24.1. The van der Waals surface area contributed by atoms with Crippen molar-refractivity contribution in [1.82, 2.24) is 9.13 Å². The Kier molecular flexibility index (Phi) is 10.5. The Labute approximate surface area is 415 Å². The molecule has 0 fully saturated rings. The van der Waals surface area contributed by atoms with Crippen LogP contribution in [-0.2, 0) is 0 Å². The third kappa shape index (κ3) is 7.54. The molecule has 0 aliphatic heterocycles. The molecule has 0 saturated carbocycles. The largest absolute Gasteiger partial charge is 0.310 e. The molecule has 0 bridgehead atoms. The number of nitrogens with zero attached hydrogens (tertiary/aromatic N) is 4. The Morgan fingerprint density at radius 2 is 0.625 bits per heavy atom. The van der Waals surface area contributed by atoms with Crippen LogP contribution in [0, 0.1) is 11.6 Å². The van der Waals surface area contributed by atoms with Crippen molar-refractivity contribution in [3.63, 3.8) is 0 Å². The van der Waals surface area contributed by atoms with E-state index in [0.717, 1.165) is 101 Å². The minimum atomic E-state index is -0.289. The lowest BCUT2D eigenvalue weighted by molar-refractivity contribution is 0.627. The zero-order chi connectivity index (χ0) is 48.1. The summed E-state index contributed by atoms with van der Waals surface area (Å²) < 4.78 is 33.6. The molecule has 0 aliphatic carbocycles. The van der Waals surface area contributed by atoms with E-state index in [4.69, 9.17) is 0 Å². The molecule has 2 aromatic heterocycles. The zero-order valence-electron chi connectivity index (χ0n) is 38.9. The fraction of sp³-hybridized carbons (Fsp3) is 0. The van der Waals surface area contributed by atoms with Crippen LogP contribution < -0.4 is 9.80 Å². The van der Waals surface area contributed by atoms with Crippen LogP contribution in [0.2, 0.25) is 0 Å². The Balaban J connectivity index is 0.971. The molecule has 0 amide bonds. The van der Waals surface area contributed by atoms with Gasteiger partial charge in [-0.05, 0) is 180 Å². The molecule has 11 aromatic carbocycles. The number of hydrogen-bond donors (Lipinski definition) is 0. The third-order valence-corrected chi connectivity index (χ3v) is 13.8. The van der Waals surface area contributed by atoms with Crippen LogP contribution in [-0.4, -0.2) is 9.13 Å². The number of hydrogen-bond acceptors (Lipinski definition) is 2. The number of anilines is 6. The molecule has 0 atom stereocenters. The number of para-hydroxylation sites is 2. The summed E-state index contributed by atoms with van der Waals surface area (Å²) >= 11 is 0. The van der Waals surface area contributed by atoms with Crippen LogP contribution in [0.4, 0.5) is 42.9 Å². The van der Waals surface area contributed by atoms with E-state index in [1.807, 2.05) is 36.4 Å². The number of rotatable bonds is 10. The Bertz CT molecular complexity index is 3810. The fourth-order valence-corrected chi connectivity index (χ4v) is 10.5. The Morgan fingerprint density at radius 1 is 0.278 bits per heavy atom. The number of halogens is 2.